The molecule has 15 heavy (non-hydrogen) atoms. The fourth-order valence-electron chi connectivity index (χ4n) is 1.50. The monoisotopic (exact) mass is 227 g/mol. The summed E-state index contributed by atoms with van der Waals surface area (Å²) in [4.78, 5) is 4.45. The van der Waals surface area contributed by atoms with Crippen LogP contribution in [0.5, 0.6) is 0 Å². The van der Waals surface area contributed by atoms with E-state index in [4.69, 9.17) is 0 Å². The van der Waals surface area contributed by atoms with Crippen molar-refractivity contribution in [3.05, 3.63) is 11.9 Å². The Kier molecular flexibility index (Phi) is 5.61. The number of rotatable bonds is 7. The van der Waals surface area contributed by atoms with Gasteiger partial charge in [0.25, 0.3) is 0 Å². The molecule has 1 heterocycles. The maximum atomic E-state index is 4.45. The Morgan fingerprint density at radius 1 is 1.47 bits per heavy atom. The molecule has 0 spiro atoms. The fourth-order valence-corrected chi connectivity index (χ4v) is 1.99. The number of nitrogens with zero attached hydrogens (tertiary/aromatic N) is 2. The summed E-state index contributed by atoms with van der Waals surface area (Å²) < 4.78 is 2.16. The maximum Gasteiger partial charge on any atom is 0.203 e. The second kappa shape index (κ2) is 6.77. The molecule has 0 atom stereocenters. The first-order valence-electron chi connectivity index (χ1n) is 5.54. The Bertz CT molecular complexity index is 283. The van der Waals surface area contributed by atoms with Gasteiger partial charge in [0.2, 0.25) is 5.95 Å². The zero-order valence-electron chi connectivity index (χ0n) is 9.92. The second-order valence-electron chi connectivity index (χ2n) is 3.62. The van der Waals surface area contributed by atoms with Gasteiger partial charge in [0.15, 0.2) is 0 Å². The molecule has 1 N–H and O–H groups in total. The topological polar surface area (TPSA) is 29.9 Å². The van der Waals surface area contributed by atoms with Crippen molar-refractivity contribution in [2.45, 2.75) is 33.2 Å². The van der Waals surface area contributed by atoms with Crippen molar-refractivity contribution in [1.82, 2.24) is 9.55 Å². The van der Waals surface area contributed by atoms with Crippen molar-refractivity contribution >= 4 is 17.7 Å². The summed E-state index contributed by atoms with van der Waals surface area (Å²) >= 11 is 1.91. The first kappa shape index (κ1) is 12.4. The van der Waals surface area contributed by atoms with Crippen LogP contribution in [0.2, 0.25) is 0 Å². The van der Waals surface area contributed by atoms with E-state index < -0.39 is 0 Å². The van der Waals surface area contributed by atoms with Gasteiger partial charge < -0.3 is 9.88 Å². The Labute approximate surface area is 96.7 Å². The maximum absolute atomic E-state index is 4.45. The number of imidazole rings is 1. The van der Waals surface area contributed by atoms with Crippen LogP contribution in [0.25, 0.3) is 0 Å². The first-order chi connectivity index (χ1) is 7.27. The van der Waals surface area contributed by atoms with E-state index in [0.29, 0.717) is 0 Å². The zero-order chi connectivity index (χ0) is 11.1. The van der Waals surface area contributed by atoms with Gasteiger partial charge in [0.05, 0.1) is 5.69 Å². The van der Waals surface area contributed by atoms with Crippen LogP contribution in [0.3, 0.4) is 0 Å². The molecular weight excluding hydrogens is 206 g/mol. The van der Waals surface area contributed by atoms with Crippen LogP contribution < -0.4 is 5.32 Å². The lowest BCUT2D eigenvalue weighted by Crippen LogP contribution is -2.08. The van der Waals surface area contributed by atoms with Gasteiger partial charge in [-0.2, -0.15) is 11.8 Å². The average molecular weight is 227 g/mol. The van der Waals surface area contributed by atoms with Gasteiger partial charge in [-0.25, -0.2) is 4.98 Å². The van der Waals surface area contributed by atoms with Crippen LogP contribution in [-0.2, 0) is 6.54 Å². The molecule has 0 fully saturated rings. The number of aromatic nitrogens is 2. The molecule has 0 unspecified atom stereocenters. The number of hydrogen-bond donors (Lipinski definition) is 1. The second-order valence-corrected chi connectivity index (χ2v) is 4.60. The van der Waals surface area contributed by atoms with Crippen LogP contribution >= 0.6 is 11.8 Å². The largest absolute Gasteiger partial charge is 0.356 e. The third-order valence-electron chi connectivity index (χ3n) is 2.30. The molecule has 0 aliphatic carbocycles. The minimum absolute atomic E-state index is 0.980. The van der Waals surface area contributed by atoms with E-state index in [0.717, 1.165) is 24.7 Å². The molecule has 1 aromatic rings. The van der Waals surface area contributed by atoms with Crippen LogP contribution in [0.4, 0.5) is 5.95 Å². The summed E-state index contributed by atoms with van der Waals surface area (Å²) in [6.07, 6.45) is 6.74. The summed E-state index contributed by atoms with van der Waals surface area (Å²) in [6.45, 7) is 6.18. The summed E-state index contributed by atoms with van der Waals surface area (Å²) in [6, 6.07) is 0. The molecule has 0 aromatic carbocycles. The molecule has 1 rings (SSSR count). The molecule has 0 aliphatic heterocycles. The molecule has 0 bridgehead atoms. The van der Waals surface area contributed by atoms with E-state index in [1.54, 1.807) is 0 Å². The van der Waals surface area contributed by atoms with Gasteiger partial charge in [-0.3, -0.25) is 0 Å². The normalized spacial score (nSPS) is 10.6. The Morgan fingerprint density at radius 3 is 2.93 bits per heavy atom. The van der Waals surface area contributed by atoms with Crippen molar-refractivity contribution in [2.24, 2.45) is 0 Å². The number of hydrogen-bond acceptors (Lipinski definition) is 3. The average Bonchev–Trinajstić information content (AvgIpc) is 2.59. The lowest BCUT2D eigenvalue weighted by molar-refractivity contribution is 0.752. The van der Waals surface area contributed by atoms with Gasteiger partial charge in [-0.1, -0.05) is 0 Å². The molecule has 0 saturated heterocycles. The predicted molar refractivity (Wildman–Crippen MR) is 68.7 cm³/mol. The Hall–Kier alpha value is -0.640. The van der Waals surface area contributed by atoms with Gasteiger partial charge in [0.1, 0.15) is 0 Å². The summed E-state index contributed by atoms with van der Waals surface area (Å²) in [5.41, 5.74) is 1.09. The molecule has 4 heteroatoms. The van der Waals surface area contributed by atoms with E-state index in [-0.39, 0.29) is 0 Å². The van der Waals surface area contributed by atoms with E-state index in [9.17, 15) is 0 Å². The third-order valence-corrected chi connectivity index (χ3v) is 2.99. The molecule has 1 aromatic heterocycles. The molecular formula is C11H21N3S. The Balaban J connectivity index is 2.30. The molecule has 0 radical (unpaired) electrons. The van der Waals surface area contributed by atoms with E-state index in [1.807, 2.05) is 18.7 Å². The number of nitrogens with one attached hydrogen (secondary N) is 1. The van der Waals surface area contributed by atoms with Gasteiger partial charge in [-0.05, 0) is 38.7 Å². The number of aryl methyl sites for hydroxylation is 2. The highest BCUT2D eigenvalue weighted by Gasteiger charge is 2.02. The van der Waals surface area contributed by atoms with Crippen molar-refractivity contribution in [2.75, 3.05) is 23.9 Å². The summed E-state index contributed by atoms with van der Waals surface area (Å²) in [5, 5.41) is 3.39. The highest BCUT2D eigenvalue weighted by atomic mass is 32.2. The fraction of sp³-hybridized carbons (Fsp3) is 0.727. The zero-order valence-corrected chi connectivity index (χ0v) is 10.7. The highest BCUT2D eigenvalue weighted by Crippen LogP contribution is 2.08. The lowest BCUT2D eigenvalue weighted by Gasteiger charge is -2.06. The van der Waals surface area contributed by atoms with Crippen LogP contribution in [0.1, 0.15) is 25.5 Å². The van der Waals surface area contributed by atoms with Crippen molar-refractivity contribution < 1.29 is 0 Å². The summed E-state index contributed by atoms with van der Waals surface area (Å²) in [7, 11) is 0. The number of unbranched alkanes of at least 4 members (excludes halogenated alkanes) is 1. The van der Waals surface area contributed by atoms with Crippen molar-refractivity contribution in [1.29, 1.82) is 0 Å². The standard InChI is InChI=1S/C11H21N3S/c1-4-14-9-10(2)13-11(14)12-7-5-6-8-15-3/h9H,4-8H2,1-3H3,(H,12,13). The third kappa shape index (κ3) is 4.16. The minimum Gasteiger partial charge on any atom is -0.356 e. The summed E-state index contributed by atoms with van der Waals surface area (Å²) in [5.74, 6) is 2.27. The Morgan fingerprint density at radius 2 is 2.27 bits per heavy atom. The highest BCUT2D eigenvalue weighted by molar-refractivity contribution is 7.98. The van der Waals surface area contributed by atoms with Gasteiger partial charge in [-0.15, -0.1) is 0 Å². The molecule has 3 nitrogen and oxygen atoms in total. The predicted octanol–water partition coefficient (Wildman–Crippen LogP) is 2.77. The molecule has 86 valence electrons. The van der Waals surface area contributed by atoms with Crippen LogP contribution in [-0.4, -0.2) is 28.1 Å². The van der Waals surface area contributed by atoms with Gasteiger partial charge >= 0.3 is 0 Å². The SMILES string of the molecule is CCn1cc(C)nc1NCCCCSC. The van der Waals surface area contributed by atoms with Gasteiger partial charge in [0, 0.05) is 19.3 Å². The van der Waals surface area contributed by atoms with Crippen LogP contribution in [0, 0.1) is 6.92 Å². The van der Waals surface area contributed by atoms with E-state index in [1.165, 1.54) is 18.6 Å². The van der Waals surface area contributed by atoms with Crippen molar-refractivity contribution in [3.8, 4) is 0 Å². The molecule has 0 aliphatic rings. The quantitative estimate of drug-likeness (QED) is 0.726. The molecule has 0 saturated carbocycles. The number of anilines is 1. The smallest absolute Gasteiger partial charge is 0.203 e. The minimum atomic E-state index is 0.980. The first-order valence-corrected chi connectivity index (χ1v) is 6.94. The van der Waals surface area contributed by atoms with E-state index >= 15 is 0 Å². The lowest BCUT2D eigenvalue weighted by atomic mass is 10.3. The van der Waals surface area contributed by atoms with Crippen LogP contribution in [0.15, 0.2) is 6.20 Å². The van der Waals surface area contributed by atoms with E-state index in [2.05, 4.69) is 34.2 Å². The molecule has 0 amide bonds. The number of thioether (sulfide) groups is 1. The van der Waals surface area contributed by atoms with Crippen molar-refractivity contribution in [3.63, 3.8) is 0 Å².